The third-order valence-corrected chi connectivity index (χ3v) is 4.13. The van der Waals surface area contributed by atoms with Crippen LogP contribution < -0.4 is 5.32 Å². The van der Waals surface area contributed by atoms with Gasteiger partial charge in [-0.1, -0.05) is 46.5 Å². The lowest BCUT2D eigenvalue weighted by Gasteiger charge is -2.24. The predicted octanol–water partition coefficient (Wildman–Crippen LogP) is 4.51. The average molecular weight is 225 g/mol. The Kier molecular flexibility index (Phi) is 7.11. The minimum atomic E-state index is 0.776. The summed E-state index contributed by atoms with van der Waals surface area (Å²) in [6.07, 6.45) is 12.5. The fourth-order valence-electron chi connectivity index (χ4n) is 2.84. The number of hydrogen-bond acceptors (Lipinski definition) is 1. The van der Waals surface area contributed by atoms with Crippen molar-refractivity contribution < 1.29 is 0 Å². The van der Waals surface area contributed by atoms with E-state index in [9.17, 15) is 0 Å². The van der Waals surface area contributed by atoms with Gasteiger partial charge in [0.05, 0.1) is 0 Å². The molecule has 96 valence electrons. The summed E-state index contributed by atoms with van der Waals surface area (Å²) in [6, 6.07) is 1.59. The quantitative estimate of drug-likeness (QED) is 0.656. The van der Waals surface area contributed by atoms with E-state index in [1.165, 1.54) is 57.8 Å². The Hall–Kier alpha value is -0.0400. The lowest BCUT2D eigenvalue weighted by molar-refractivity contribution is 0.361. The maximum Gasteiger partial charge on any atom is 0.00697 e. The first kappa shape index (κ1) is 14.0. The molecule has 3 unspecified atom stereocenters. The molecule has 0 heterocycles. The van der Waals surface area contributed by atoms with Crippen LogP contribution in [-0.2, 0) is 0 Å². The molecule has 16 heavy (non-hydrogen) atoms. The Balaban J connectivity index is 2.27. The first-order valence-corrected chi connectivity index (χ1v) is 7.52. The largest absolute Gasteiger partial charge is 0.311 e. The Morgan fingerprint density at radius 3 is 2.62 bits per heavy atom. The van der Waals surface area contributed by atoms with Crippen molar-refractivity contribution in [3.63, 3.8) is 0 Å². The molecule has 0 aromatic rings. The van der Waals surface area contributed by atoms with Crippen LogP contribution in [-0.4, -0.2) is 12.1 Å². The van der Waals surface area contributed by atoms with Crippen LogP contribution in [0.2, 0.25) is 0 Å². The SMILES string of the molecule is CCCCC(CC)NC1CCCC(C)CC1. The van der Waals surface area contributed by atoms with E-state index in [0.717, 1.165) is 18.0 Å². The third-order valence-electron chi connectivity index (χ3n) is 4.13. The van der Waals surface area contributed by atoms with Gasteiger partial charge in [-0.05, 0) is 38.0 Å². The molecule has 1 saturated carbocycles. The number of rotatable bonds is 6. The molecule has 1 heteroatoms. The molecular weight excluding hydrogens is 194 g/mol. The van der Waals surface area contributed by atoms with Crippen LogP contribution in [0.3, 0.4) is 0 Å². The van der Waals surface area contributed by atoms with Gasteiger partial charge in [-0.25, -0.2) is 0 Å². The lowest BCUT2D eigenvalue weighted by atomic mass is 10.0. The van der Waals surface area contributed by atoms with Gasteiger partial charge in [-0.2, -0.15) is 0 Å². The monoisotopic (exact) mass is 225 g/mol. The summed E-state index contributed by atoms with van der Waals surface area (Å²) in [5.74, 6) is 0.961. The van der Waals surface area contributed by atoms with E-state index >= 15 is 0 Å². The zero-order chi connectivity index (χ0) is 11.8. The molecular formula is C15H31N. The van der Waals surface area contributed by atoms with Gasteiger partial charge in [-0.3, -0.25) is 0 Å². The fourth-order valence-corrected chi connectivity index (χ4v) is 2.84. The van der Waals surface area contributed by atoms with Crippen molar-refractivity contribution in [2.24, 2.45) is 5.92 Å². The highest BCUT2D eigenvalue weighted by Crippen LogP contribution is 2.23. The highest BCUT2D eigenvalue weighted by Gasteiger charge is 2.18. The maximum absolute atomic E-state index is 3.90. The second kappa shape index (κ2) is 8.11. The molecule has 0 aromatic heterocycles. The van der Waals surface area contributed by atoms with Crippen molar-refractivity contribution in [1.82, 2.24) is 5.32 Å². The van der Waals surface area contributed by atoms with Gasteiger partial charge >= 0.3 is 0 Å². The molecule has 0 aromatic carbocycles. The zero-order valence-corrected chi connectivity index (χ0v) is 11.6. The topological polar surface area (TPSA) is 12.0 Å². The highest BCUT2D eigenvalue weighted by molar-refractivity contribution is 4.77. The summed E-state index contributed by atoms with van der Waals surface area (Å²) in [4.78, 5) is 0. The van der Waals surface area contributed by atoms with Crippen molar-refractivity contribution >= 4 is 0 Å². The van der Waals surface area contributed by atoms with Gasteiger partial charge in [0.1, 0.15) is 0 Å². The van der Waals surface area contributed by atoms with Crippen LogP contribution >= 0.6 is 0 Å². The van der Waals surface area contributed by atoms with Gasteiger partial charge in [0, 0.05) is 12.1 Å². The molecule has 0 amide bonds. The van der Waals surface area contributed by atoms with E-state index < -0.39 is 0 Å². The van der Waals surface area contributed by atoms with Gasteiger partial charge in [0.15, 0.2) is 0 Å². The zero-order valence-electron chi connectivity index (χ0n) is 11.6. The second-order valence-electron chi connectivity index (χ2n) is 5.72. The summed E-state index contributed by atoms with van der Waals surface area (Å²) >= 11 is 0. The Bertz CT molecular complexity index is 167. The third kappa shape index (κ3) is 5.34. The predicted molar refractivity (Wildman–Crippen MR) is 72.8 cm³/mol. The molecule has 0 spiro atoms. The molecule has 0 aliphatic heterocycles. The summed E-state index contributed by atoms with van der Waals surface area (Å²) in [5, 5.41) is 3.90. The lowest BCUT2D eigenvalue weighted by Crippen LogP contribution is -2.37. The van der Waals surface area contributed by atoms with Crippen LogP contribution in [0.4, 0.5) is 0 Å². The second-order valence-corrected chi connectivity index (χ2v) is 5.72. The van der Waals surface area contributed by atoms with Crippen molar-refractivity contribution in [2.75, 3.05) is 0 Å². The van der Waals surface area contributed by atoms with E-state index in [0.29, 0.717) is 0 Å². The average Bonchev–Trinajstić information content (AvgIpc) is 2.49. The highest BCUT2D eigenvalue weighted by atomic mass is 14.9. The van der Waals surface area contributed by atoms with E-state index in [4.69, 9.17) is 0 Å². The molecule has 1 N–H and O–H groups in total. The van der Waals surface area contributed by atoms with Crippen molar-refractivity contribution in [3.8, 4) is 0 Å². The first-order valence-electron chi connectivity index (χ1n) is 7.52. The van der Waals surface area contributed by atoms with Crippen molar-refractivity contribution in [3.05, 3.63) is 0 Å². The van der Waals surface area contributed by atoms with Crippen LogP contribution in [0.15, 0.2) is 0 Å². The van der Waals surface area contributed by atoms with E-state index in [1.54, 1.807) is 0 Å². The molecule has 1 fully saturated rings. The first-order chi connectivity index (χ1) is 7.76. The Labute approximate surface area is 102 Å². The molecule has 1 aliphatic carbocycles. The molecule has 0 saturated heterocycles. The molecule has 1 nitrogen and oxygen atoms in total. The van der Waals surface area contributed by atoms with E-state index in [1.807, 2.05) is 0 Å². The molecule has 3 atom stereocenters. The summed E-state index contributed by atoms with van der Waals surface area (Å²) < 4.78 is 0. The summed E-state index contributed by atoms with van der Waals surface area (Å²) in [6.45, 7) is 7.03. The van der Waals surface area contributed by atoms with Gasteiger partial charge in [-0.15, -0.1) is 0 Å². The fraction of sp³-hybridized carbons (Fsp3) is 1.00. The Morgan fingerprint density at radius 1 is 1.12 bits per heavy atom. The number of hydrogen-bond donors (Lipinski definition) is 1. The van der Waals surface area contributed by atoms with Gasteiger partial charge in [0.25, 0.3) is 0 Å². The van der Waals surface area contributed by atoms with Gasteiger partial charge < -0.3 is 5.32 Å². The molecule has 1 aliphatic rings. The smallest absolute Gasteiger partial charge is 0.00697 e. The normalized spacial score (nSPS) is 28.7. The summed E-state index contributed by atoms with van der Waals surface area (Å²) in [5.41, 5.74) is 0. The number of nitrogens with one attached hydrogen (secondary N) is 1. The van der Waals surface area contributed by atoms with E-state index in [-0.39, 0.29) is 0 Å². The van der Waals surface area contributed by atoms with Gasteiger partial charge in [0.2, 0.25) is 0 Å². The van der Waals surface area contributed by atoms with Crippen LogP contribution in [0.25, 0.3) is 0 Å². The molecule has 0 radical (unpaired) electrons. The summed E-state index contributed by atoms with van der Waals surface area (Å²) in [7, 11) is 0. The van der Waals surface area contributed by atoms with E-state index in [2.05, 4.69) is 26.1 Å². The van der Waals surface area contributed by atoms with Crippen molar-refractivity contribution in [2.45, 2.75) is 90.6 Å². The Morgan fingerprint density at radius 2 is 1.94 bits per heavy atom. The maximum atomic E-state index is 3.90. The van der Waals surface area contributed by atoms with Crippen LogP contribution in [0.1, 0.15) is 78.6 Å². The van der Waals surface area contributed by atoms with Crippen LogP contribution in [0, 0.1) is 5.92 Å². The van der Waals surface area contributed by atoms with Crippen molar-refractivity contribution in [1.29, 1.82) is 0 Å². The minimum Gasteiger partial charge on any atom is -0.311 e. The standard InChI is InChI=1S/C15H31N/c1-4-6-9-14(5-2)16-15-10-7-8-13(3)11-12-15/h13-16H,4-12H2,1-3H3. The number of unbranched alkanes of at least 4 members (excludes halogenated alkanes) is 1. The molecule has 1 rings (SSSR count). The van der Waals surface area contributed by atoms with Crippen LogP contribution in [0.5, 0.6) is 0 Å². The molecule has 0 bridgehead atoms. The minimum absolute atomic E-state index is 0.776.